The third-order valence-electron chi connectivity index (χ3n) is 1.53. The van der Waals surface area contributed by atoms with Gasteiger partial charge in [0.05, 0.1) is 6.61 Å². The topological polar surface area (TPSA) is 38.8 Å². The van der Waals surface area contributed by atoms with E-state index >= 15 is 0 Å². The summed E-state index contributed by atoms with van der Waals surface area (Å²) in [5, 5.41) is 1.64. The average molecular weight is 159 g/mol. The van der Waals surface area contributed by atoms with Crippen molar-refractivity contribution in [3.8, 4) is 0 Å². The highest BCUT2D eigenvalue weighted by Gasteiger charge is 2.16. The second-order valence-corrected chi connectivity index (χ2v) is 2.41. The Morgan fingerprint density at radius 3 is 2.64 bits per heavy atom. The number of hydrogen-bond acceptors (Lipinski definition) is 4. The van der Waals surface area contributed by atoms with Crippen molar-refractivity contribution in [2.24, 2.45) is 0 Å². The van der Waals surface area contributed by atoms with Crippen LogP contribution in [0.25, 0.3) is 0 Å². The van der Waals surface area contributed by atoms with Crippen LogP contribution >= 0.6 is 0 Å². The van der Waals surface area contributed by atoms with Crippen molar-refractivity contribution in [1.82, 2.24) is 5.06 Å². The molecule has 0 amide bonds. The van der Waals surface area contributed by atoms with Gasteiger partial charge in [-0.05, 0) is 19.8 Å². The van der Waals surface area contributed by atoms with Crippen LogP contribution < -0.4 is 0 Å². The van der Waals surface area contributed by atoms with Gasteiger partial charge < -0.3 is 9.57 Å². The van der Waals surface area contributed by atoms with Crippen molar-refractivity contribution in [3.05, 3.63) is 0 Å². The summed E-state index contributed by atoms with van der Waals surface area (Å²) < 4.78 is 4.60. The first-order valence-corrected chi connectivity index (χ1v) is 3.92. The zero-order valence-corrected chi connectivity index (χ0v) is 6.71. The maximum absolute atomic E-state index is 10.7. The van der Waals surface area contributed by atoms with Crippen LogP contribution in [0.1, 0.15) is 19.8 Å². The Morgan fingerprint density at radius 2 is 2.09 bits per heavy atom. The second kappa shape index (κ2) is 4.18. The van der Waals surface area contributed by atoms with Crippen molar-refractivity contribution >= 4 is 6.16 Å². The lowest BCUT2D eigenvalue weighted by Gasteiger charge is -2.12. The van der Waals surface area contributed by atoms with Gasteiger partial charge in [0, 0.05) is 13.1 Å². The van der Waals surface area contributed by atoms with Gasteiger partial charge in [0.1, 0.15) is 0 Å². The molecule has 0 radical (unpaired) electrons. The third-order valence-corrected chi connectivity index (χ3v) is 1.53. The number of hydrogen-bond donors (Lipinski definition) is 0. The summed E-state index contributed by atoms with van der Waals surface area (Å²) in [7, 11) is 0. The SMILES string of the molecule is CCOC(=O)ON1CCCC1. The van der Waals surface area contributed by atoms with Gasteiger partial charge in [0.25, 0.3) is 0 Å². The number of carbonyl (C=O) groups is 1. The molecular weight excluding hydrogens is 146 g/mol. The van der Waals surface area contributed by atoms with Crippen molar-refractivity contribution in [2.75, 3.05) is 19.7 Å². The van der Waals surface area contributed by atoms with Crippen LogP contribution in [-0.2, 0) is 9.57 Å². The van der Waals surface area contributed by atoms with Crippen molar-refractivity contribution < 1.29 is 14.4 Å². The summed E-state index contributed by atoms with van der Waals surface area (Å²) >= 11 is 0. The number of ether oxygens (including phenoxy) is 1. The van der Waals surface area contributed by atoms with E-state index < -0.39 is 6.16 Å². The molecule has 0 atom stereocenters. The van der Waals surface area contributed by atoms with Crippen LogP contribution in [0.15, 0.2) is 0 Å². The molecule has 1 fully saturated rings. The molecule has 4 heteroatoms. The van der Waals surface area contributed by atoms with E-state index in [0.29, 0.717) is 6.61 Å². The molecule has 64 valence electrons. The van der Waals surface area contributed by atoms with Crippen LogP contribution in [0.2, 0.25) is 0 Å². The normalized spacial score (nSPS) is 18.3. The van der Waals surface area contributed by atoms with E-state index in [1.165, 1.54) is 0 Å². The smallest absolute Gasteiger partial charge is 0.433 e. The Balaban J connectivity index is 2.13. The predicted octanol–water partition coefficient (Wildman–Crippen LogP) is 1.17. The van der Waals surface area contributed by atoms with Gasteiger partial charge in [-0.3, -0.25) is 0 Å². The lowest BCUT2D eigenvalue weighted by Crippen LogP contribution is -2.24. The number of nitrogens with zero attached hydrogens (tertiary/aromatic N) is 1. The monoisotopic (exact) mass is 159 g/mol. The van der Waals surface area contributed by atoms with Crippen LogP contribution in [0.4, 0.5) is 4.79 Å². The third kappa shape index (κ3) is 2.76. The molecule has 0 N–H and O–H groups in total. The second-order valence-electron chi connectivity index (χ2n) is 2.41. The number of carbonyl (C=O) groups excluding carboxylic acids is 1. The van der Waals surface area contributed by atoms with E-state index in [1.54, 1.807) is 12.0 Å². The molecule has 1 aliphatic rings. The molecule has 0 aliphatic carbocycles. The first-order valence-electron chi connectivity index (χ1n) is 3.92. The number of hydroxylamine groups is 2. The largest absolute Gasteiger partial charge is 0.527 e. The van der Waals surface area contributed by atoms with Crippen molar-refractivity contribution in [3.63, 3.8) is 0 Å². The fourth-order valence-corrected chi connectivity index (χ4v) is 1.03. The summed E-state index contributed by atoms with van der Waals surface area (Å²) in [5.74, 6) is 0. The lowest BCUT2D eigenvalue weighted by atomic mass is 10.4. The molecule has 0 saturated carbocycles. The summed E-state index contributed by atoms with van der Waals surface area (Å²) in [5.41, 5.74) is 0. The molecule has 1 aliphatic heterocycles. The zero-order chi connectivity index (χ0) is 8.10. The minimum atomic E-state index is -0.589. The highest BCUT2D eigenvalue weighted by atomic mass is 16.8. The quantitative estimate of drug-likeness (QED) is 0.567. The van der Waals surface area contributed by atoms with E-state index in [1.807, 2.05) is 0 Å². The number of rotatable bonds is 2. The van der Waals surface area contributed by atoms with Gasteiger partial charge >= 0.3 is 6.16 Å². The standard InChI is InChI=1S/C7H13NO3/c1-2-10-7(9)11-8-5-3-4-6-8/h2-6H2,1H3. The minimum Gasteiger partial charge on any atom is -0.433 e. The molecule has 0 bridgehead atoms. The summed E-state index contributed by atoms with van der Waals surface area (Å²) in [4.78, 5) is 15.5. The minimum absolute atomic E-state index is 0.368. The summed E-state index contributed by atoms with van der Waals surface area (Å²) in [6.07, 6.45) is 1.60. The first kappa shape index (κ1) is 8.33. The predicted molar refractivity (Wildman–Crippen MR) is 38.9 cm³/mol. The molecule has 4 nitrogen and oxygen atoms in total. The van der Waals surface area contributed by atoms with Gasteiger partial charge in [-0.2, -0.15) is 0 Å². The van der Waals surface area contributed by atoms with Gasteiger partial charge in [-0.25, -0.2) is 4.79 Å². The molecule has 0 aromatic rings. The highest BCUT2D eigenvalue weighted by molar-refractivity contribution is 5.59. The van der Waals surface area contributed by atoms with Gasteiger partial charge in [-0.15, -0.1) is 5.06 Å². The van der Waals surface area contributed by atoms with Gasteiger partial charge in [0.2, 0.25) is 0 Å². The maximum atomic E-state index is 10.7. The first-order chi connectivity index (χ1) is 5.33. The highest BCUT2D eigenvalue weighted by Crippen LogP contribution is 2.07. The van der Waals surface area contributed by atoms with Gasteiger partial charge in [0.15, 0.2) is 0 Å². The van der Waals surface area contributed by atoms with Crippen LogP contribution in [0, 0.1) is 0 Å². The molecule has 11 heavy (non-hydrogen) atoms. The molecule has 0 unspecified atom stereocenters. The maximum Gasteiger partial charge on any atom is 0.527 e. The van der Waals surface area contributed by atoms with E-state index in [4.69, 9.17) is 4.84 Å². The molecule has 1 rings (SSSR count). The fourth-order valence-electron chi connectivity index (χ4n) is 1.03. The molecule has 0 aromatic carbocycles. The van der Waals surface area contributed by atoms with E-state index in [0.717, 1.165) is 25.9 Å². The Hall–Kier alpha value is -0.770. The Kier molecular flexibility index (Phi) is 3.16. The Bertz CT molecular complexity index is 132. The molecule has 0 spiro atoms. The zero-order valence-electron chi connectivity index (χ0n) is 6.71. The molecule has 1 saturated heterocycles. The average Bonchev–Trinajstić information content (AvgIpc) is 2.40. The van der Waals surface area contributed by atoms with Crippen molar-refractivity contribution in [2.45, 2.75) is 19.8 Å². The van der Waals surface area contributed by atoms with Crippen LogP contribution in [-0.4, -0.2) is 30.9 Å². The summed E-state index contributed by atoms with van der Waals surface area (Å²) in [6.45, 7) is 3.79. The van der Waals surface area contributed by atoms with Gasteiger partial charge in [-0.1, -0.05) is 0 Å². The van der Waals surface area contributed by atoms with E-state index in [9.17, 15) is 4.79 Å². The molecule has 1 heterocycles. The van der Waals surface area contributed by atoms with Crippen LogP contribution in [0.5, 0.6) is 0 Å². The lowest BCUT2D eigenvalue weighted by molar-refractivity contribution is -0.111. The fraction of sp³-hybridized carbons (Fsp3) is 0.857. The van der Waals surface area contributed by atoms with E-state index in [-0.39, 0.29) is 0 Å². The summed E-state index contributed by atoms with van der Waals surface area (Å²) in [6, 6.07) is 0. The Labute approximate surface area is 66.0 Å². The van der Waals surface area contributed by atoms with Crippen molar-refractivity contribution in [1.29, 1.82) is 0 Å². The van der Waals surface area contributed by atoms with Crippen LogP contribution in [0.3, 0.4) is 0 Å². The molecule has 0 aromatic heterocycles. The Morgan fingerprint density at radius 1 is 1.45 bits per heavy atom. The molecular formula is C7H13NO3. The van der Waals surface area contributed by atoms with E-state index in [2.05, 4.69) is 4.74 Å².